The van der Waals surface area contributed by atoms with Gasteiger partial charge in [-0.1, -0.05) is 23.3 Å². The summed E-state index contributed by atoms with van der Waals surface area (Å²) < 4.78 is 5.11. The quantitative estimate of drug-likeness (QED) is 0.509. The molecule has 0 amide bonds. The molecule has 0 unspecified atom stereocenters. The molecule has 6 heteroatoms. The number of halogens is 1. The monoisotopic (exact) mass is 308 g/mol. The molecule has 114 valence electrons. The van der Waals surface area contributed by atoms with Crippen LogP contribution in [0.25, 0.3) is 0 Å². The Balaban J connectivity index is 1.93. The molecule has 0 radical (unpaired) electrons. The van der Waals surface area contributed by atoms with Gasteiger partial charge in [0, 0.05) is 18.8 Å². The van der Waals surface area contributed by atoms with Crippen molar-refractivity contribution in [1.29, 1.82) is 0 Å². The van der Waals surface area contributed by atoms with Gasteiger partial charge in [0.15, 0.2) is 5.96 Å². The molecule has 1 heterocycles. The zero-order chi connectivity index (χ0) is 15.2. The molecule has 1 aromatic carbocycles. The highest BCUT2D eigenvalue weighted by atomic mass is 35.5. The van der Waals surface area contributed by atoms with Crippen molar-refractivity contribution in [2.24, 2.45) is 10.7 Å². The van der Waals surface area contributed by atoms with Crippen molar-refractivity contribution in [2.75, 3.05) is 39.1 Å². The number of nitrogens with two attached hydrogens (primary N) is 1. The van der Waals surface area contributed by atoms with Crippen LogP contribution < -0.4 is 15.8 Å². The van der Waals surface area contributed by atoms with Crippen molar-refractivity contribution in [3.63, 3.8) is 0 Å². The fourth-order valence-corrected chi connectivity index (χ4v) is 2.33. The van der Waals surface area contributed by atoms with E-state index in [2.05, 4.69) is 28.3 Å². The average molecular weight is 309 g/mol. The van der Waals surface area contributed by atoms with Gasteiger partial charge in [-0.2, -0.15) is 0 Å². The third-order valence-electron chi connectivity index (χ3n) is 3.38. The molecule has 0 fully saturated rings. The number of anilines is 1. The lowest BCUT2D eigenvalue weighted by Crippen LogP contribution is -2.26. The van der Waals surface area contributed by atoms with Gasteiger partial charge in [-0.15, -0.1) is 0 Å². The van der Waals surface area contributed by atoms with Gasteiger partial charge in [-0.25, -0.2) is 4.99 Å². The van der Waals surface area contributed by atoms with E-state index in [1.165, 1.54) is 5.57 Å². The van der Waals surface area contributed by atoms with Crippen LogP contribution in [0.5, 0.6) is 5.75 Å². The number of methoxy groups -OCH3 is 1. The molecule has 0 saturated carbocycles. The van der Waals surface area contributed by atoms with Gasteiger partial charge >= 0.3 is 0 Å². The van der Waals surface area contributed by atoms with Crippen LogP contribution in [0.4, 0.5) is 5.69 Å². The highest BCUT2D eigenvalue weighted by Gasteiger charge is 2.07. The molecule has 0 bridgehead atoms. The van der Waals surface area contributed by atoms with E-state index in [9.17, 15) is 0 Å². The van der Waals surface area contributed by atoms with Crippen LogP contribution in [0, 0.1) is 0 Å². The first-order chi connectivity index (χ1) is 10.1. The Kier molecular flexibility index (Phi) is 5.47. The van der Waals surface area contributed by atoms with E-state index in [1.807, 2.05) is 6.07 Å². The number of nitrogens with one attached hydrogen (secondary N) is 1. The molecule has 1 aromatic rings. The Morgan fingerprint density at radius 1 is 1.52 bits per heavy atom. The first-order valence-electron chi connectivity index (χ1n) is 6.85. The van der Waals surface area contributed by atoms with Crippen molar-refractivity contribution in [1.82, 2.24) is 4.90 Å². The Morgan fingerprint density at radius 2 is 2.33 bits per heavy atom. The smallest absolute Gasteiger partial charge is 0.193 e. The van der Waals surface area contributed by atoms with Gasteiger partial charge in [-0.3, -0.25) is 0 Å². The van der Waals surface area contributed by atoms with Gasteiger partial charge in [0.2, 0.25) is 0 Å². The van der Waals surface area contributed by atoms with Gasteiger partial charge < -0.3 is 20.7 Å². The minimum atomic E-state index is 0.385. The first-order valence-corrected chi connectivity index (χ1v) is 7.23. The summed E-state index contributed by atoms with van der Waals surface area (Å²) in [5.74, 6) is 1.02. The minimum absolute atomic E-state index is 0.385. The van der Waals surface area contributed by atoms with E-state index in [1.54, 1.807) is 19.2 Å². The summed E-state index contributed by atoms with van der Waals surface area (Å²) in [6.45, 7) is 2.69. The standard InChI is InChI=1S/C15H21ClN4O/c1-20-7-5-11(6-8-20)10-18-15(17)19-12-3-4-14(21-2)13(16)9-12/h3-5,9H,6-8,10H2,1-2H3,(H3,17,18,19). The highest BCUT2D eigenvalue weighted by Crippen LogP contribution is 2.27. The van der Waals surface area contributed by atoms with Crippen LogP contribution in [-0.4, -0.2) is 44.7 Å². The Bertz CT molecular complexity index is 557. The van der Waals surface area contributed by atoms with Crippen LogP contribution in [0.15, 0.2) is 34.8 Å². The lowest BCUT2D eigenvalue weighted by Gasteiger charge is -2.21. The third-order valence-corrected chi connectivity index (χ3v) is 3.68. The molecule has 0 atom stereocenters. The normalized spacial score (nSPS) is 16.5. The van der Waals surface area contributed by atoms with Crippen LogP contribution in [-0.2, 0) is 0 Å². The molecular weight excluding hydrogens is 288 g/mol. The van der Waals surface area contributed by atoms with Crippen molar-refractivity contribution in [3.05, 3.63) is 34.9 Å². The summed E-state index contributed by atoms with van der Waals surface area (Å²) in [5, 5.41) is 3.57. The van der Waals surface area contributed by atoms with Crippen molar-refractivity contribution in [2.45, 2.75) is 6.42 Å². The molecule has 5 nitrogen and oxygen atoms in total. The second kappa shape index (κ2) is 7.33. The third kappa shape index (κ3) is 4.65. The van der Waals surface area contributed by atoms with Gasteiger partial charge in [0.05, 0.1) is 18.7 Å². The van der Waals surface area contributed by atoms with Crippen molar-refractivity contribution in [3.8, 4) is 5.75 Å². The maximum atomic E-state index is 6.07. The van der Waals surface area contributed by atoms with E-state index >= 15 is 0 Å². The number of aliphatic imine (C=N–C) groups is 1. The topological polar surface area (TPSA) is 62.9 Å². The summed E-state index contributed by atoms with van der Waals surface area (Å²) in [7, 11) is 3.69. The fourth-order valence-electron chi connectivity index (χ4n) is 2.07. The zero-order valence-corrected chi connectivity index (χ0v) is 13.2. The van der Waals surface area contributed by atoms with Crippen LogP contribution in [0.2, 0.25) is 5.02 Å². The van der Waals surface area contributed by atoms with Crippen molar-refractivity contribution < 1.29 is 4.74 Å². The van der Waals surface area contributed by atoms with E-state index in [0.29, 0.717) is 23.3 Å². The van der Waals surface area contributed by atoms with Crippen LogP contribution >= 0.6 is 11.6 Å². The number of guanidine groups is 1. The summed E-state index contributed by atoms with van der Waals surface area (Å²) in [6, 6.07) is 5.40. The fraction of sp³-hybridized carbons (Fsp3) is 0.400. The molecule has 0 saturated heterocycles. The lowest BCUT2D eigenvalue weighted by molar-refractivity contribution is 0.358. The predicted molar refractivity (Wildman–Crippen MR) is 88.3 cm³/mol. The number of likely N-dealkylation sites (N-methyl/N-ethyl adjacent to an activating group) is 1. The van der Waals surface area contributed by atoms with Crippen molar-refractivity contribution >= 4 is 23.2 Å². The molecule has 3 N–H and O–H groups in total. The highest BCUT2D eigenvalue weighted by molar-refractivity contribution is 6.32. The number of nitrogens with zero attached hydrogens (tertiary/aromatic N) is 2. The summed E-state index contributed by atoms with van der Waals surface area (Å²) in [4.78, 5) is 6.63. The first kappa shape index (κ1) is 15.7. The SMILES string of the molecule is COc1ccc(NC(N)=NCC2=CCN(C)CC2)cc1Cl. The summed E-state index contributed by atoms with van der Waals surface area (Å²) in [5.41, 5.74) is 8.01. The Morgan fingerprint density at radius 3 is 2.95 bits per heavy atom. The van der Waals surface area contributed by atoms with E-state index in [0.717, 1.165) is 25.2 Å². The summed E-state index contributed by atoms with van der Waals surface area (Å²) in [6.07, 6.45) is 3.26. The second-order valence-electron chi connectivity index (χ2n) is 5.05. The molecule has 2 rings (SSSR count). The number of rotatable bonds is 4. The van der Waals surface area contributed by atoms with Gasteiger partial charge in [0.25, 0.3) is 0 Å². The van der Waals surface area contributed by atoms with E-state index < -0.39 is 0 Å². The largest absolute Gasteiger partial charge is 0.495 e. The Labute approximate surface area is 130 Å². The molecule has 0 aliphatic carbocycles. The summed E-state index contributed by atoms with van der Waals surface area (Å²) >= 11 is 6.07. The van der Waals surface area contributed by atoms with Crippen LogP contribution in [0.3, 0.4) is 0 Å². The molecule has 1 aliphatic heterocycles. The predicted octanol–water partition coefficient (Wildman–Crippen LogP) is 2.34. The molecule has 0 aromatic heterocycles. The van der Waals surface area contributed by atoms with E-state index in [-0.39, 0.29) is 0 Å². The number of ether oxygens (including phenoxy) is 1. The van der Waals surface area contributed by atoms with Crippen LogP contribution in [0.1, 0.15) is 6.42 Å². The lowest BCUT2D eigenvalue weighted by atomic mass is 10.1. The van der Waals surface area contributed by atoms with Gasteiger partial charge in [0.1, 0.15) is 5.75 Å². The number of hydrogen-bond donors (Lipinski definition) is 2. The molecule has 0 spiro atoms. The maximum Gasteiger partial charge on any atom is 0.193 e. The maximum absolute atomic E-state index is 6.07. The minimum Gasteiger partial charge on any atom is -0.495 e. The van der Waals surface area contributed by atoms with E-state index in [4.69, 9.17) is 22.1 Å². The number of hydrogen-bond acceptors (Lipinski definition) is 3. The Hall–Kier alpha value is -1.72. The molecule has 21 heavy (non-hydrogen) atoms. The molecule has 1 aliphatic rings. The second-order valence-corrected chi connectivity index (χ2v) is 5.46. The van der Waals surface area contributed by atoms with Gasteiger partial charge in [-0.05, 0) is 31.7 Å². The number of benzene rings is 1. The zero-order valence-electron chi connectivity index (χ0n) is 12.4. The molecular formula is C15H21ClN4O. The average Bonchev–Trinajstić information content (AvgIpc) is 2.47.